The lowest BCUT2D eigenvalue weighted by Crippen LogP contribution is -2.34. The topological polar surface area (TPSA) is 34.1 Å². The molecule has 2 nitrogen and oxygen atoms in total. The lowest BCUT2D eigenvalue weighted by molar-refractivity contribution is -0.121. The molecule has 5 atom stereocenters. The second kappa shape index (κ2) is 2.54. The van der Waals surface area contributed by atoms with Gasteiger partial charge in [-0.05, 0) is 12.3 Å². The van der Waals surface area contributed by atoms with Gasteiger partial charge in [0.05, 0.1) is 11.8 Å². The first-order valence-electron chi connectivity index (χ1n) is 4.59. The third-order valence-corrected chi connectivity index (χ3v) is 6.20. The van der Waals surface area contributed by atoms with E-state index in [1.165, 1.54) is 23.5 Å². The maximum Gasteiger partial charge on any atom is 0.194 e. The molecule has 4 bridgehead atoms. The molecule has 4 heteroatoms. The smallest absolute Gasteiger partial charge is 0.194 e. The Bertz CT molecular complexity index is 300. The van der Waals surface area contributed by atoms with Gasteiger partial charge in [-0.2, -0.15) is 0 Å². The summed E-state index contributed by atoms with van der Waals surface area (Å²) in [6.45, 7) is 2.17. The predicted octanol–water partition coefficient (Wildman–Crippen LogP) is 1.54. The fraction of sp³-hybridized carbons (Fsp3) is 0.778. The van der Waals surface area contributed by atoms with Crippen molar-refractivity contribution in [2.75, 3.05) is 0 Å². The average molecular weight is 214 g/mol. The molecule has 70 valence electrons. The first-order chi connectivity index (χ1) is 6.18. The Kier molecular flexibility index (Phi) is 1.63. The monoisotopic (exact) mass is 214 g/mol. The van der Waals surface area contributed by atoms with Crippen LogP contribution in [-0.2, 0) is 9.59 Å². The number of rotatable bonds is 0. The Morgan fingerprint density at radius 3 is 2.62 bits per heavy atom. The first-order valence-corrected chi connectivity index (χ1v) is 6.35. The van der Waals surface area contributed by atoms with Gasteiger partial charge in [0.1, 0.15) is 0 Å². The van der Waals surface area contributed by atoms with E-state index in [1.807, 2.05) is 0 Å². The SMILES string of the molecule is CC1C[C@H]2SC(=O)C3C2C(=O)S[C@H]13. The van der Waals surface area contributed by atoms with E-state index in [1.54, 1.807) is 0 Å². The molecule has 0 aromatic rings. The van der Waals surface area contributed by atoms with E-state index in [-0.39, 0.29) is 22.1 Å². The van der Waals surface area contributed by atoms with E-state index in [9.17, 15) is 9.59 Å². The van der Waals surface area contributed by atoms with Gasteiger partial charge in [0.15, 0.2) is 10.2 Å². The van der Waals surface area contributed by atoms with Crippen LogP contribution in [0.25, 0.3) is 0 Å². The van der Waals surface area contributed by atoms with E-state index >= 15 is 0 Å². The van der Waals surface area contributed by atoms with Crippen LogP contribution in [-0.4, -0.2) is 20.7 Å². The van der Waals surface area contributed by atoms with Crippen LogP contribution < -0.4 is 0 Å². The van der Waals surface area contributed by atoms with E-state index in [4.69, 9.17) is 0 Å². The molecule has 1 aliphatic carbocycles. The molecule has 3 unspecified atom stereocenters. The standard InChI is InChI=1S/C9H10O2S2/c1-3-2-4-5-6(9(11)12-4)7(3)13-8(5)10/h3-7H,2H2,1H3/t3?,4-,5?,6?,7-/m1/s1. The first kappa shape index (κ1) is 8.36. The lowest BCUT2D eigenvalue weighted by Gasteiger charge is -2.27. The normalized spacial score (nSPS) is 53.2. The number of hydrogen-bond donors (Lipinski definition) is 0. The molecule has 0 spiro atoms. The van der Waals surface area contributed by atoms with Gasteiger partial charge in [-0.1, -0.05) is 30.4 Å². The van der Waals surface area contributed by atoms with Crippen LogP contribution in [0, 0.1) is 17.8 Å². The molecular formula is C9H10O2S2. The van der Waals surface area contributed by atoms with Crippen molar-refractivity contribution in [1.82, 2.24) is 0 Å². The maximum absolute atomic E-state index is 11.6. The number of carbonyl (C=O) groups is 2. The number of hydrogen-bond acceptors (Lipinski definition) is 4. The Hall–Kier alpha value is 0.0400. The summed E-state index contributed by atoms with van der Waals surface area (Å²) in [6, 6.07) is 0. The Balaban J connectivity index is 2.08. The number of thioether (sulfide) groups is 2. The summed E-state index contributed by atoms with van der Waals surface area (Å²) in [5.74, 6) is 0.682. The molecule has 3 rings (SSSR count). The highest BCUT2D eigenvalue weighted by molar-refractivity contribution is 8.17. The predicted molar refractivity (Wildman–Crippen MR) is 53.5 cm³/mol. The van der Waals surface area contributed by atoms with Crippen molar-refractivity contribution >= 4 is 33.8 Å². The van der Waals surface area contributed by atoms with Crippen LogP contribution in [0.1, 0.15) is 13.3 Å². The van der Waals surface area contributed by atoms with Crippen LogP contribution in [0.15, 0.2) is 0 Å². The van der Waals surface area contributed by atoms with Gasteiger partial charge in [0.25, 0.3) is 0 Å². The van der Waals surface area contributed by atoms with Crippen LogP contribution >= 0.6 is 23.5 Å². The van der Waals surface area contributed by atoms with Gasteiger partial charge in [-0.3, -0.25) is 9.59 Å². The van der Waals surface area contributed by atoms with Gasteiger partial charge in [0, 0.05) is 10.5 Å². The van der Waals surface area contributed by atoms with Crippen molar-refractivity contribution in [3.05, 3.63) is 0 Å². The Morgan fingerprint density at radius 1 is 1.15 bits per heavy atom. The number of carbonyl (C=O) groups excluding carboxylic acids is 2. The van der Waals surface area contributed by atoms with Gasteiger partial charge >= 0.3 is 0 Å². The van der Waals surface area contributed by atoms with Crippen molar-refractivity contribution in [2.45, 2.75) is 23.8 Å². The van der Waals surface area contributed by atoms with E-state index < -0.39 is 0 Å². The highest BCUT2D eigenvalue weighted by atomic mass is 32.2. The molecule has 1 saturated carbocycles. The minimum absolute atomic E-state index is 0.0660. The van der Waals surface area contributed by atoms with Gasteiger partial charge < -0.3 is 0 Å². The summed E-state index contributed by atoms with van der Waals surface area (Å²) in [5.41, 5.74) is 0. The Morgan fingerprint density at radius 2 is 1.85 bits per heavy atom. The van der Waals surface area contributed by atoms with Crippen LogP contribution in [0.2, 0.25) is 0 Å². The average Bonchev–Trinajstić information content (AvgIpc) is 2.48. The molecule has 2 aliphatic heterocycles. The van der Waals surface area contributed by atoms with Crippen LogP contribution in [0.4, 0.5) is 0 Å². The zero-order valence-electron chi connectivity index (χ0n) is 7.23. The van der Waals surface area contributed by atoms with Crippen LogP contribution in [0.5, 0.6) is 0 Å². The summed E-state index contributed by atoms with van der Waals surface area (Å²) in [7, 11) is 0. The zero-order chi connectivity index (χ0) is 9.16. The molecule has 0 aromatic carbocycles. The second-order valence-corrected chi connectivity index (χ2v) is 6.57. The molecule has 0 N–H and O–H groups in total. The molecule has 3 fully saturated rings. The highest BCUT2D eigenvalue weighted by Gasteiger charge is 2.61. The van der Waals surface area contributed by atoms with Crippen molar-refractivity contribution in [3.8, 4) is 0 Å². The van der Waals surface area contributed by atoms with Gasteiger partial charge in [0.2, 0.25) is 0 Å². The minimum atomic E-state index is 0.0660. The van der Waals surface area contributed by atoms with Crippen molar-refractivity contribution in [2.24, 2.45) is 17.8 Å². The molecule has 0 aromatic heterocycles. The summed E-state index contributed by atoms with van der Waals surface area (Å²) >= 11 is 2.87. The summed E-state index contributed by atoms with van der Waals surface area (Å²) < 4.78 is 0. The van der Waals surface area contributed by atoms with Crippen molar-refractivity contribution < 1.29 is 9.59 Å². The van der Waals surface area contributed by atoms with Gasteiger partial charge in [-0.25, -0.2) is 0 Å². The lowest BCUT2D eigenvalue weighted by atomic mass is 9.76. The second-order valence-electron chi connectivity index (χ2n) is 4.14. The molecule has 0 radical (unpaired) electrons. The zero-order valence-corrected chi connectivity index (χ0v) is 8.86. The van der Waals surface area contributed by atoms with E-state index in [0.29, 0.717) is 16.4 Å². The highest BCUT2D eigenvalue weighted by Crippen LogP contribution is 2.59. The molecule has 2 saturated heterocycles. The molecular weight excluding hydrogens is 204 g/mol. The van der Waals surface area contributed by atoms with E-state index in [0.717, 1.165) is 6.42 Å². The quantitative estimate of drug-likeness (QED) is 0.612. The fourth-order valence-electron chi connectivity index (χ4n) is 2.77. The summed E-state index contributed by atoms with van der Waals surface area (Å²) in [6.07, 6.45) is 1.06. The minimum Gasteiger partial charge on any atom is -0.287 e. The third-order valence-electron chi connectivity index (χ3n) is 3.37. The molecule has 3 aliphatic rings. The van der Waals surface area contributed by atoms with Crippen molar-refractivity contribution in [3.63, 3.8) is 0 Å². The van der Waals surface area contributed by atoms with Crippen molar-refractivity contribution in [1.29, 1.82) is 0 Å². The van der Waals surface area contributed by atoms with Crippen LogP contribution in [0.3, 0.4) is 0 Å². The fourth-order valence-corrected chi connectivity index (χ4v) is 6.05. The largest absolute Gasteiger partial charge is 0.287 e. The molecule has 2 heterocycles. The summed E-state index contributed by atoms with van der Waals surface area (Å²) in [4.78, 5) is 23.2. The third kappa shape index (κ3) is 0.934. The van der Waals surface area contributed by atoms with Gasteiger partial charge in [-0.15, -0.1) is 0 Å². The molecule has 0 amide bonds. The Labute approximate surface area is 85.2 Å². The molecule has 13 heavy (non-hydrogen) atoms. The maximum atomic E-state index is 11.6. The summed E-state index contributed by atoms with van der Waals surface area (Å²) in [5, 5.41) is 1.17. The van der Waals surface area contributed by atoms with E-state index in [2.05, 4.69) is 6.92 Å².